The topological polar surface area (TPSA) is 3.24 Å². The summed E-state index contributed by atoms with van der Waals surface area (Å²) in [5.41, 5.74) is 7.23. The molecule has 0 N–H and O–H groups in total. The predicted octanol–water partition coefficient (Wildman–Crippen LogP) is 7.13. The Labute approximate surface area is 155 Å². The fourth-order valence-electron chi connectivity index (χ4n) is 3.33. The Morgan fingerprint density at radius 3 is 1.73 bits per heavy atom. The Bertz CT molecular complexity index is 991. The molecule has 0 aliphatic carbocycles. The Kier molecular flexibility index (Phi) is 4.53. The molecule has 0 aromatic heterocycles. The van der Waals surface area contributed by atoms with E-state index in [2.05, 4.69) is 121 Å². The van der Waals surface area contributed by atoms with Crippen LogP contribution < -0.4 is 4.90 Å². The van der Waals surface area contributed by atoms with E-state index in [1.165, 1.54) is 28.1 Å². The lowest BCUT2D eigenvalue weighted by Gasteiger charge is -2.29. The molecule has 0 radical (unpaired) electrons. The maximum Gasteiger partial charge on any atom is 0.0540 e. The molecule has 0 saturated heterocycles. The van der Waals surface area contributed by atoms with Crippen LogP contribution in [0.3, 0.4) is 0 Å². The first-order valence-corrected chi connectivity index (χ1v) is 8.90. The first-order valence-electron chi connectivity index (χ1n) is 8.90. The molecule has 0 fully saturated rings. The van der Waals surface area contributed by atoms with Gasteiger partial charge in [0.05, 0.1) is 5.69 Å². The summed E-state index contributed by atoms with van der Waals surface area (Å²) in [6.45, 7) is 2.16. The third-order valence-electron chi connectivity index (χ3n) is 4.60. The van der Waals surface area contributed by atoms with E-state index in [0.29, 0.717) is 0 Å². The standard InChI is InChI=1S/C25H21N/c1-20-12-8-10-18-24(20)26(22-15-6-3-7-16-22)25-19-11-9-17-23(25)21-13-4-2-5-14-21/h2-19H,1H3. The average Bonchev–Trinajstić information content (AvgIpc) is 2.72. The first kappa shape index (κ1) is 16.2. The van der Waals surface area contributed by atoms with Gasteiger partial charge in [-0.3, -0.25) is 0 Å². The van der Waals surface area contributed by atoms with E-state index in [9.17, 15) is 0 Å². The number of benzene rings is 4. The second kappa shape index (κ2) is 7.28. The number of rotatable bonds is 4. The van der Waals surface area contributed by atoms with Crippen molar-refractivity contribution in [1.82, 2.24) is 0 Å². The van der Waals surface area contributed by atoms with Crippen molar-refractivity contribution in [3.05, 3.63) is 115 Å². The largest absolute Gasteiger partial charge is 0.310 e. The van der Waals surface area contributed by atoms with Gasteiger partial charge in [0.15, 0.2) is 0 Å². The van der Waals surface area contributed by atoms with E-state index in [4.69, 9.17) is 0 Å². The lowest BCUT2D eigenvalue weighted by Crippen LogP contribution is -2.12. The minimum Gasteiger partial charge on any atom is -0.310 e. The Morgan fingerprint density at radius 1 is 0.500 bits per heavy atom. The maximum absolute atomic E-state index is 2.34. The Balaban J connectivity index is 1.96. The summed E-state index contributed by atoms with van der Waals surface area (Å²) in [6, 6.07) is 38.3. The van der Waals surface area contributed by atoms with Crippen molar-refractivity contribution in [3.8, 4) is 11.1 Å². The molecule has 4 aromatic carbocycles. The Morgan fingerprint density at radius 2 is 1.04 bits per heavy atom. The smallest absolute Gasteiger partial charge is 0.0540 e. The van der Waals surface area contributed by atoms with Gasteiger partial charge >= 0.3 is 0 Å². The molecule has 0 aliphatic heterocycles. The highest BCUT2D eigenvalue weighted by Crippen LogP contribution is 2.41. The van der Waals surface area contributed by atoms with Crippen molar-refractivity contribution < 1.29 is 0 Å². The summed E-state index contributed by atoms with van der Waals surface area (Å²) < 4.78 is 0. The van der Waals surface area contributed by atoms with Crippen LogP contribution in [0.2, 0.25) is 0 Å². The van der Waals surface area contributed by atoms with Gasteiger partial charge in [-0.05, 0) is 42.3 Å². The van der Waals surface area contributed by atoms with Gasteiger partial charge in [0.2, 0.25) is 0 Å². The highest BCUT2D eigenvalue weighted by Gasteiger charge is 2.17. The molecule has 0 bridgehead atoms. The van der Waals surface area contributed by atoms with Crippen molar-refractivity contribution in [1.29, 1.82) is 0 Å². The quantitative estimate of drug-likeness (QED) is 0.383. The molecule has 1 nitrogen and oxygen atoms in total. The van der Waals surface area contributed by atoms with Crippen LogP contribution in [-0.4, -0.2) is 0 Å². The number of hydrogen-bond donors (Lipinski definition) is 0. The van der Waals surface area contributed by atoms with Gasteiger partial charge in [-0.1, -0.05) is 84.9 Å². The summed E-state index contributed by atoms with van der Waals surface area (Å²) in [7, 11) is 0. The van der Waals surface area contributed by atoms with Gasteiger partial charge < -0.3 is 4.90 Å². The van der Waals surface area contributed by atoms with Crippen LogP contribution >= 0.6 is 0 Å². The third-order valence-corrected chi connectivity index (χ3v) is 4.60. The van der Waals surface area contributed by atoms with Crippen LogP contribution in [0.25, 0.3) is 11.1 Å². The summed E-state index contributed by atoms with van der Waals surface area (Å²) in [5, 5.41) is 0. The zero-order valence-electron chi connectivity index (χ0n) is 14.8. The van der Waals surface area contributed by atoms with E-state index < -0.39 is 0 Å². The second-order valence-corrected chi connectivity index (χ2v) is 6.34. The molecule has 4 aromatic rings. The van der Waals surface area contributed by atoms with Gasteiger partial charge in [0, 0.05) is 16.9 Å². The summed E-state index contributed by atoms with van der Waals surface area (Å²) in [6.07, 6.45) is 0. The maximum atomic E-state index is 2.34. The lowest BCUT2D eigenvalue weighted by molar-refractivity contribution is 1.25. The number of anilines is 3. The monoisotopic (exact) mass is 335 g/mol. The molecule has 126 valence electrons. The van der Waals surface area contributed by atoms with E-state index in [-0.39, 0.29) is 0 Å². The SMILES string of the molecule is Cc1ccccc1N(c1ccccc1)c1ccccc1-c1ccccc1. The van der Waals surface area contributed by atoms with Crippen LogP contribution in [0.1, 0.15) is 5.56 Å². The highest BCUT2D eigenvalue weighted by atomic mass is 15.1. The summed E-state index contributed by atoms with van der Waals surface area (Å²) >= 11 is 0. The van der Waals surface area contributed by atoms with Crippen LogP contribution in [0, 0.1) is 6.92 Å². The van der Waals surface area contributed by atoms with E-state index >= 15 is 0 Å². The van der Waals surface area contributed by atoms with E-state index in [0.717, 1.165) is 5.69 Å². The average molecular weight is 335 g/mol. The van der Waals surface area contributed by atoms with Crippen molar-refractivity contribution >= 4 is 17.1 Å². The molecule has 0 unspecified atom stereocenters. The number of hydrogen-bond acceptors (Lipinski definition) is 1. The fraction of sp³-hybridized carbons (Fsp3) is 0.0400. The van der Waals surface area contributed by atoms with Crippen LogP contribution in [0.15, 0.2) is 109 Å². The van der Waals surface area contributed by atoms with Gasteiger partial charge in [-0.15, -0.1) is 0 Å². The van der Waals surface area contributed by atoms with E-state index in [1.54, 1.807) is 0 Å². The van der Waals surface area contributed by atoms with E-state index in [1.807, 2.05) is 0 Å². The molecule has 26 heavy (non-hydrogen) atoms. The minimum atomic E-state index is 1.16. The molecule has 0 spiro atoms. The number of nitrogens with zero attached hydrogens (tertiary/aromatic N) is 1. The number of aryl methyl sites for hydroxylation is 1. The lowest BCUT2D eigenvalue weighted by atomic mass is 10.0. The first-order chi connectivity index (χ1) is 12.8. The predicted molar refractivity (Wildman–Crippen MR) is 111 cm³/mol. The molecular weight excluding hydrogens is 314 g/mol. The fourth-order valence-corrected chi connectivity index (χ4v) is 3.33. The molecule has 0 atom stereocenters. The van der Waals surface area contributed by atoms with Crippen molar-refractivity contribution in [2.45, 2.75) is 6.92 Å². The second-order valence-electron chi connectivity index (χ2n) is 6.34. The Hall–Kier alpha value is -3.32. The summed E-state index contributed by atoms with van der Waals surface area (Å²) in [5.74, 6) is 0. The molecule has 1 heteroatoms. The molecule has 0 saturated carbocycles. The highest BCUT2D eigenvalue weighted by molar-refractivity contribution is 5.88. The zero-order valence-corrected chi connectivity index (χ0v) is 14.8. The van der Waals surface area contributed by atoms with Crippen LogP contribution in [-0.2, 0) is 0 Å². The normalized spacial score (nSPS) is 10.5. The number of para-hydroxylation sites is 3. The van der Waals surface area contributed by atoms with Gasteiger partial charge in [0.1, 0.15) is 0 Å². The zero-order chi connectivity index (χ0) is 17.8. The van der Waals surface area contributed by atoms with Gasteiger partial charge in [0.25, 0.3) is 0 Å². The van der Waals surface area contributed by atoms with Gasteiger partial charge in [-0.2, -0.15) is 0 Å². The minimum absolute atomic E-state index is 1.16. The molecule has 0 aliphatic rings. The summed E-state index contributed by atoms with van der Waals surface area (Å²) in [4.78, 5) is 2.34. The molecule has 4 rings (SSSR count). The van der Waals surface area contributed by atoms with Crippen molar-refractivity contribution in [2.24, 2.45) is 0 Å². The van der Waals surface area contributed by atoms with Crippen LogP contribution in [0.4, 0.5) is 17.1 Å². The molecule has 0 amide bonds. The van der Waals surface area contributed by atoms with Gasteiger partial charge in [-0.25, -0.2) is 0 Å². The third kappa shape index (κ3) is 3.12. The van der Waals surface area contributed by atoms with Crippen molar-refractivity contribution in [3.63, 3.8) is 0 Å². The van der Waals surface area contributed by atoms with Crippen LogP contribution in [0.5, 0.6) is 0 Å². The van der Waals surface area contributed by atoms with Crippen molar-refractivity contribution in [2.75, 3.05) is 4.90 Å². The molecule has 0 heterocycles. The molecular formula is C25H21N.